The van der Waals surface area contributed by atoms with E-state index in [2.05, 4.69) is 53.2 Å². The SMILES string of the molecule is CCC12C[N+]3([O-])CCC4c5ccccc5NC4[C@@](C(=O)OC)(c4cc5c(cc4OC)N(C)[C@@H]4[C@](O)(COC(C)=O)[C@@H](OC(C)=O)[C@@]6(CC)C=CCN7CC[C@@]54[C@H]76)CC(C3)C1O2. The Bertz CT molecular complexity index is 2220. The number of rotatable bonds is 8. The maximum absolute atomic E-state index is 15.5. The first-order valence-corrected chi connectivity index (χ1v) is 22.2. The molecule has 2 aromatic rings. The molecule has 328 valence electrons. The number of fused-ring (bicyclic) bond motifs is 8. The van der Waals surface area contributed by atoms with Gasteiger partial charge in [-0.05, 0) is 55.5 Å². The summed E-state index contributed by atoms with van der Waals surface area (Å²) in [5.41, 5.74) is -1.04. The Labute approximate surface area is 357 Å². The van der Waals surface area contributed by atoms with Gasteiger partial charge in [0.25, 0.3) is 0 Å². The van der Waals surface area contributed by atoms with E-state index < -0.39 is 70.1 Å². The second-order valence-corrected chi connectivity index (χ2v) is 19.5. The molecular weight excluding hydrogens is 781 g/mol. The van der Waals surface area contributed by atoms with E-state index in [9.17, 15) is 19.9 Å². The zero-order valence-electron chi connectivity index (χ0n) is 36.4. The number of epoxide rings is 1. The lowest BCUT2D eigenvalue weighted by Crippen LogP contribution is -2.80. The van der Waals surface area contributed by atoms with Gasteiger partial charge in [-0.15, -0.1) is 0 Å². The summed E-state index contributed by atoms with van der Waals surface area (Å²) in [7, 11) is 5.00. The molecule has 1 saturated carbocycles. The van der Waals surface area contributed by atoms with E-state index in [1.165, 1.54) is 21.0 Å². The second-order valence-electron chi connectivity index (χ2n) is 19.5. The number of esters is 3. The number of methoxy groups -OCH3 is 2. The summed E-state index contributed by atoms with van der Waals surface area (Å²) < 4.78 is 30.7. The van der Waals surface area contributed by atoms with Crippen molar-refractivity contribution in [2.75, 3.05) is 70.8 Å². The Hall–Kier alpha value is -4.21. The van der Waals surface area contributed by atoms with Gasteiger partial charge < -0.3 is 48.9 Å². The number of carbonyl (C=O) groups excluding carboxylic acids is 3. The number of likely N-dealkylation sites (N-methyl/N-ethyl adjacent to an activating group) is 1. The molecule has 0 aromatic heterocycles. The summed E-state index contributed by atoms with van der Waals surface area (Å²) >= 11 is 0. The first-order chi connectivity index (χ1) is 29.1. The van der Waals surface area contributed by atoms with Crippen molar-refractivity contribution in [1.29, 1.82) is 0 Å². The van der Waals surface area contributed by atoms with Crippen LogP contribution in [0.1, 0.15) is 82.4 Å². The average molecular weight is 841 g/mol. The van der Waals surface area contributed by atoms with Crippen LogP contribution >= 0.6 is 0 Å². The van der Waals surface area contributed by atoms with Crippen LogP contribution < -0.4 is 15.0 Å². The van der Waals surface area contributed by atoms with Gasteiger partial charge in [-0.1, -0.05) is 44.2 Å². The first kappa shape index (κ1) is 40.8. The van der Waals surface area contributed by atoms with E-state index in [-0.39, 0.29) is 28.6 Å². The number of para-hydroxylation sites is 1. The smallest absolute Gasteiger partial charge is 0.318 e. The molecule has 61 heavy (non-hydrogen) atoms. The van der Waals surface area contributed by atoms with Crippen molar-refractivity contribution in [2.24, 2.45) is 11.3 Å². The molecular formula is C47H60N4O10. The molecule has 5 fully saturated rings. The maximum Gasteiger partial charge on any atom is 0.318 e. The summed E-state index contributed by atoms with van der Waals surface area (Å²) in [4.78, 5) is 45.7. The topological polar surface area (TPSA) is 162 Å². The molecule has 0 radical (unpaired) electrons. The largest absolute Gasteiger partial charge is 0.633 e. The second kappa shape index (κ2) is 13.6. The predicted molar refractivity (Wildman–Crippen MR) is 225 cm³/mol. The van der Waals surface area contributed by atoms with Crippen LogP contribution in [-0.2, 0) is 44.2 Å². The highest BCUT2D eigenvalue weighted by Crippen LogP contribution is 2.68. The third-order valence-corrected chi connectivity index (χ3v) is 16.9. The van der Waals surface area contributed by atoms with Crippen LogP contribution in [0.5, 0.6) is 5.75 Å². The van der Waals surface area contributed by atoms with Crippen LogP contribution in [0.4, 0.5) is 11.4 Å². The average Bonchev–Trinajstić information content (AvgIpc) is 3.51. The minimum atomic E-state index is -1.87. The van der Waals surface area contributed by atoms with Crippen molar-refractivity contribution < 1.29 is 47.8 Å². The third kappa shape index (κ3) is 5.28. The van der Waals surface area contributed by atoms with Crippen LogP contribution in [0.15, 0.2) is 48.6 Å². The number of benzene rings is 2. The maximum atomic E-state index is 15.5. The lowest BCUT2D eigenvalue weighted by molar-refractivity contribution is -0.890. The molecule has 4 saturated heterocycles. The van der Waals surface area contributed by atoms with Crippen molar-refractivity contribution >= 4 is 29.3 Å². The van der Waals surface area contributed by atoms with Crippen molar-refractivity contribution in [3.63, 3.8) is 0 Å². The highest BCUT2D eigenvalue weighted by molar-refractivity contribution is 5.89. The standard InChI is InChI=1S/C47H60N4O10/c1-8-43-16-12-18-50-19-17-45(39(43)50)32-21-33(36(57-6)22-35(32)49(5)40(45)47(55,26-59-27(3)52)41(43)60-28(4)53)46(42(54)58-7)23-29-24-51(56,25-44(9-2)38(29)61-44)20-15-31-30-13-10-11-14-34(30)48-37(31)46/h10-14,16,21-22,29,31,37-41,48,55H,8-9,15,17-20,23-26H2,1-7H3/t29?,31?,37?,38?,39-,40+,41+,43+,44?,45+,46+,47-,51?/m1/s1. The van der Waals surface area contributed by atoms with E-state index in [0.717, 1.165) is 22.5 Å². The van der Waals surface area contributed by atoms with E-state index in [1.807, 2.05) is 31.3 Å². The van der Waals surface area contributed by atoms with Gasteiger partial charge in [0.1, 0.15) is 42.1 Å². The molecule has 14 heteroatoms. The van der Waals surface area contributed by atoms with E-state index in [0.29, 0.717) is 76.1 Å². The Kier molecular flexibility index (Phi) is 9.13. The molecule has 8 aliphatic rings. The zero-order chi connectivity index (χ0) is 43.1. The predicted octanol–water partition coefficient (Wildman–Crippen LogP) is 4.31. The number of hydrogen-bond donors (Lipinski definition) is 2. The number of anilines is 2. The number of ether oxygens (including phenoxy) is 5. The molecule has 1 aliphatic carbocycles. The van der Waals surface area contributed by atoms with Crippen molar-refractivity contribution in [3.8, 4) is 5.75 Å². The summed E-state index contributed by atoms with van der Waals surface area (Å²) in [6.07, 6.45) is 5.71. The fourth-order valence-electron chi connectivity index (χ4n) is 14.8. The van der Waals surface area contributed by atoms with E-state index in [4.69, 9.17) is 23.7 Å². The van der Waals surface area contributed by atoms with Crippen LogP contribution in [0.25, 0.3) is 0 Å². The van der Waals surface area contributed by atoms with Crippen molar-refractivity contribution in [2.45, 2.75) is 118 Å². The molecule has 2 N–H and O–H groups in total. The number of quaternary nitrogens is 1. The number of carbonyl (C=O) groups is 3. The van der Waals surface area contributed by atoms with Crippen LogP contribution in [0.3, 0.4) is 0 Å². The highest BCUT2D eigenvalue weighted by Gasteiger charge is 2.78. The Morgan fingerprint density at radius 1 is 1.07 bits per heavy atom. The fraction of sp³-hybridized carbons (Fsp3) is 0.638. The summed E-state index contributed by atoms with van der Waals surface area (Å²) in [6.45, 7) is 8.92. The van der Waals surface area contributed by atoms with Crippen LogP contribution in [0, 0.1) is 16.5 Å². The Balaban J connectivity index is 1.24. The summed E-state index contributed by atoms with van der Waals surface area (Å²) in [5.74, 6) is -1.48. The van der Waals surface area contributed by atoms with Gasteiger partial charge in [-0.2, -0.15) is 0 Å². The number of nitrogens with zero attached hydrogens (tertiary/aromatic N) is 3. The number of hydroxylamine groups is 3. The minimum absolute atomic E-state index is 0.174. The molecule has 7 heterocycles. The molecule has 7 aliphatic heterocycles. The molecule has 14 nitrogen and oxygen atoms in total. The molecule has 2 aromatic carbocycles. The lowest BCUT2D eigenvalue weighted by atomic mass is 9.47. The number of piperidine rings is 1. The van der Waals surface area contributed by atoms with Gasteiger partial charge >= 0.3 is 17.9 Å². The fourth-order valence-corrected chi connectivity index (χ4v) is 14.8. The molecule has 6 unspecified atom stereocenters. The molecule has 2 bridgehead atoms. The van der Waals surface area contributed by atoms with Gasteiger partial charge in [0.05, 0.1) is 39.4 Å². The third-order valence-electron chi connectivity index (χ3n) is 16.9. The molecule has 0 amide bonds. The zero-order valence-corrected chi connectivity index (χ0v) is 36.4. The van der Waals surface area contributed by atoms with Gasteiger partial charge in [-0.3, -0.25) is 19.3 Å². The van der Waals surface area contributed by atoms with Gasteiger partial charge in [-0.25, -0.2) is 0 Å². The Morgan fingerprint density at radius 2 is 1.85 bits per heavy atom. The van der Waals surface area contributed by atoms with E-state index >= 15 is 4.79 Å². The summed E-state index contributed by atoms with van der Waals surface area (Å²) in [5, 5.41) is 32.3. The van der Waals surface area contributed by atoms with Gasteiger partial charge in [0.2, 0.25) is 0 Å². The van der Waals surface area contributed by atoms with E-state index in [1.54, 1.807) is 7.11 Å². The minimum Gasteiger partial charge on any atom is -0.633 e. The molecule has 1 spiro atoms. The number of hydrogen-bond acceptors (Lipinski definition) is 13. The number of aliphatic hydroxyl groups is 1. The quantitative estimate of drug-likeness (QED) is 0.0968. The summed E-state index contributed by atoms with van der Waals surface area (Å²) in [6, 6.07) is 10.8. The molecule has 10 rings (SSSR count). The lowest BCUT2D eigenvalue weighted by Gasteiger charge is -2.64. The highest BCUT2D eigenvalue weighted by atomic mass is 16.6. The van der Waals surface area contributed by atoms with Crippen molar-refractivity contribution in [1.82, 2.24) is 4.90 Å². The van der Waals surface area contributed by atoms with Gasteiger partial charge in [0.15, 0.2) is 5.60 Å². The van der Waals surface area contributed by atoms with Crippen LogP contribution in [0.2, 0.25) is 0 Å². The first-order valence-electron chi connectivity index (χ1n) is 22.2. The van der Waals surface area contributed by atoms with Crippen molar-refractivity contribution in [3.05, 3.63) is 70.4 Å². The number of nitrogens with one attached hydrogen (secondary N) is 1. The normalized spacial score (nSPS) is 42.2. The molecule has 13 atom stereocenters. The van der Waals surface area contributed by atoms with Crippen LogP contribution in [-0.4, -0.2) is 135 Å². The Morgan fingerprint density at radius 3 is 2.56 bits per heavy atom. The van der Waals surface area contributed by atoms with Gasteiger partial charge in [0, 0.05) is 85.6 Å². The monoisotopic (exact) mass is 840 g/mol.